The third-order valence-corrected chi connectivity index (χ3v) is 5.42. The highest BCUT2D eigenvalue weighted by Gasteiger charge is 2.25. The second kappa shape index (κ2) is 7.55. The molecule has 2 fully saturated rings. The van der Waals surface area contributed by atoms with Crippen LogP contribution in [0.1, 0.15) is 12.5 Å². The highest BCUT2D eigenvalue weighted by molar-refractivity contribution is 7.07. The normalized spacial score (nSPS) is 24.6. The second-order valence-electron chi connectivity index (χ2n) is 6.31. The molecule has 122 valence electrons. The number of thiophene rings is 1. The molecule has 2 aliphatic rings. The Hall–Kier alpha value is -0.950. The maximum absolute atomic E-state index is 12.5. The van der Waals surface area contributed by atoms with Gasteiger partial charge in [0.2, 0.25) is 5.91 Å². The van der Waals surface area contributed by atoms with Crippen LogP contribution in [0.5, 0.6) is 0 Å². The number of carbonyl (C=O) groups is 1. The van der Waals surface area contributed by atoms with Crippen molar-refractivity contribution in [3.8, 4) is 0 Å². The Morgan fingerprint density at radius 3 is 2.82 bits per heavy atom. The zero-order valence-corrected chi connectivity index (χ0v) is 14.1. The summed E-state index contributed by atoms with van der Waals surface area (Å²) in [6.45, 7) is 10.4. The highest BCUT2D eigenvalue weighted by atomic mass is 32.1. The lowest BCUT2D eigenvalue weighted by molar-refractivity contribution is -0.135. The summed E-state index contributed by atoms with van der Waals surface area (Å²) in [5.74, 6) is 0.295. The number of carbonyl (C=O) groups excluding carboxylic acids is 1. The molecule has 22 heavy (non-hydrogen) atoms. The molecule has 1 aromatic heterocycles. The summed E-state index contributed by atoms with van der Waals surface area (Å²) in [5.41, 5.74) is 1.39. The lowest BCUT2D eigenvalue weighted by atomic mass is 10.2. The first kappa shape index (κ1) is 15.9. The third-order valence-electron chi connectivity index (χ3n) is 4.69. The molecule has 3 heterocycles. The van der Waals surface area contributed by atoms with Crippen molar-refractivity contribution in [2.45, 2.75) is 19.5 Å². The average Bonchev–Trinajstić information content (AvgIpc) is 3.03. The Morgan fingerprint density at radius 1 is 1.32 bits per heavy atom. The van der Waals surface area contributed by atoms with E-state index in [-0.39, 0.29) is 0 Å². The van der Waals surface area contributed by atoms with E-state index < -0.39 is 0 Å². The van der Waals surface area contributed by atoms with Crippen LogP contribution in [0, 0.1) is 0 Å². The molecule has 0 unspecified atom stereocenters. The molecule has 1 amide bonds. The smallest absolute Gasteiger partial charge is 0.236 e. The largest absolute Gasteiger partial charge is 0.339 e. The van der Waals surface area contributed by atoms with E-state index in [0.29, 0.717) is 18.5 Å². The van der Waals surface area contributed by atoms with Crippen LogP contribution in [0.15, 0.2) is 16.8 Å². The minimum atomic E-state index is 0.295. The summed E-state index contributed by atoms with van der Waals surface area (Å²) < 4.78 is 0. The van der Waals surface area contributed by atoms with Gasteiger partial charge in [0.25, 0.3) is 0 Å². The van der Waals surface area contributed by atoms with Gasteiger partial charge in [0.1, 0.15) is 0 Å². The summed E-state index contributed by atoms with van der Waals surface area (Å²) in [5, 5.41) is 7.71. The lowest BCUT2D eigenvalue weighted by Gasteiger charge is -2.38. The van der Waals surface area contributed by atoms with Crippen molar-refractivity contribution in [2.75, 3.05) is 52.4 Å². The minimum absolute atomic E-state index is 0.295. The van der Waals surface area contributed by atoms with Crippen molar-refractivity contribution in [3.63, 3.8) is 0 Å². The molecule has 3 rings (SSSR count). The monoisotopic (exact) mass is 322 g/mol. The summed E-state index contributed by atoms with van der Waals surface area (Å²) in [6.07, 6.45) is 0. The van der Waals surface area contributed by atoms with Gasteiger partial charge in [-0.15, -0.1) is 0 Å². The molecule has 0 saturated carbocycles. The standard InChI is InChI=1S/C16H26N4OS/c1-14-10-17-3-4-20(14)12-16(21)19-7-5-18(6-8-19)11-15-2-9-22-13-15/h2,9,13-14,17H,3-8,10-12H2,1H3/t14-/m0/s1. The van der Waals surface area contributed by atoms with Gasteiger partial charge in [-0.2, -0.15) is 11.3 Å². The van der Waals surface area contributed by atoms with E-state index in [9.17, 15) is 4.79 Å². The minimum Gasteiger partial charge on any atom is -0.339 e. The second-order valence-corrected chi connectivity index (χ2v) is 7.09. The summed E-state index contributed by atoms with van der Waals surface area (Å²) in [7, 11) is 0. The Kier molecular flexibility index (Phi) is 5.46. The van der Waals surface area contributed by atoms with Crippen LogP contribution in [-0.4, -0.2) is 79.0 Å². The molecule has 2 aliphatic heterocycles. The molecule has 6 heteroatoms. The highest BCUT2D eigenvalue weighted by Crippen LogP contribution is 2.12. The van der Waals surface area contributed by atoms with Gasteiger partial charge in [-0.3, -0.25) is 14.6 Å². The number of hydrogen-bond donors (Lipinski definition) is 1. The SMILES string of the molecule is C[C@H]1CNCCN1CC(=O)N1CCN(Cc2ccsc2)CC1. The topological polar surface area (TPSA) is 38.8 Å². The van der Waals surface area contributed by atoms with Crippen molar-refractivity contribution >= 4 is 17.2 Å². The van der Waals surface area contributed by atoms with Crippen LogP contribution >= 0.6 is 11.3 Å². The zero-order chi connectivity index (χ0) is 15.4. The van der Waals surface area contributed by atoms with Gasteiger partial charge in [0.15, 0.2) is 0 Å². The molecule has 1 N–H and O–H groups in total. The molecule has 0 bridgehead atoms. The first-order valence-electron chi connectivity index (χ1n) is 8.18. The molecule has 0 spiro atoms. The fourth-order valence-electron chi connectivity index (χ4n) is 3.19. The Bertz CT molecular complexity index is 471. The Morgan fingerprint density at radius 2 is 2.14 bits per heavy atom. The maximum atomic E-state index is 12.5. The first-order chi connectivity index (χ1) is 10.7. The van der Waals surface area contributed by atoms with E-state index in [1.165, 1.54) is 5.56 Å². The lowest BCUT2D eigenvalue weighted by Crippen LogP contribution is -2.55. The molecule has 1 atom stereocenters. The molecule has 0 radical (unpaired) electrons. The molecule has 2 saturated heterocycles. The Labute approximate surface area is 136 Å². The van der Waals surface area contributed by atoms with Crippen LogP contribution in [0.3, 0.4) is 0 Å². The van der Waals surface area contributed by atoms with Gasteiger partial charge in [-0.1, -0.05) is 0 Å². The van der Waals surface area contributed by atoms with Crippen LogP contribution in [0.4, 0.5) is 0 Å². The van der Waals surface area contributed by atoms with E-state index in [2.05, 4.69) is 38.9 Å². The zero-order valence-electron chi connectivity index (χ0n) is 13.3. The number of hydrogen-bond acceptors (Lipinski definition) is 5. The first-order valence-corrected chi connectivity index (χ1v) is 9.12. The van der Waals surface area contributed by atoms with Gasteiger partial charge in [-0.25, -0.2) is 0 Å². The molecule has 0 aromatic carbocycles. The van der Waals surface area contributed by atoms with E-state index >= 15 is 0 Å². The predicted octanol–water partition coefficient (Wildman–Crippen LogP) is 0.686. The van der Waals surface area contributed by atoms with E-state index in [0.717, 1.165) is 52.4 Å². The fourth-order valence-corrected chi connectivity index (χ4v) is 3.85. The van der Waals surface area contributed by atoms with Gasteiger partial charge in [-0.05, 0) is 29.3 Å². The maximum Gasteiger partial charge on any atom is 0.236 e. The van der Waals surface area contributed by atoms with Crippen LogP contribution in [0.2, 0.25) is 0 Å². The summed E-state index contributed by atoms with van der Waals surface area (Å²) in [6, 6.07) is 2.64. The van der Waals surface area contributed by atoms with Crippen molar-refractivity contribution in [1.82, 2.24) is 20.0 Å². The number of rotatable bonds is 4. The van der Waals surface area contributed by atoms with Crippen molar-refractivity contribution in [3.05, 3.63) is 22.4 Å². The van der Waals surface area contributed by atoms with Gasteiger partial charge in [0, 0.05) is 58.4 Å². The van der Waals surface area contributed by atoms with Crippen molar-refractivity contribution < 1.29 is 4.79 Å². The Balaban J connectivity index is 1.43. The van der Waals surface area contributed by atoms with E-state index in [1.807, 2.05) is 4.90 Å². The predicted molar refractivity (Wildman–Crippen MR) is 90.1 cm³/mol. The number of nitrogens with zero attached hydrogens (tertiary/aromatic N) is 3. The van der Waals surface area contributed by atoms with Crippen molar-refractivity contribution in [2.24, 2.45) is 0 Å². The molecular formula is C16H26N4OS. The quantitative estimate of drug-likeness (QED) is 0.885. The number of nitrogens with one attached hydrogen (secondary N) is 1. The van der Waals surface area contributed by atoms with E-state index in [4.69, 9.17) is 0 Å². The number of amides is 1. The van der Waals surface area contributed by atoms with Gasteiger partial charge < -0.3 is 10.2 Å². The summed E-state index contributed by atoms with van der Waals surface area (Å²) >= 11 is 1.75. The molecule has 5 nitrogen and oxygen atoms in total. The number of piperazine rings is 2. The van der Waals surface area contributed by atoms with E-state index in [1.54, 1.807) is 11.3 Å². The van der Waals surface area contributed by atoms with Crippen LogP contribution in [-0.2, 0) is 11.3 Å². The van der Waals surface area contributed by atoms with Crippen LogP contribution in [0.25, 0.3) is 0 Å². The van der Waals surface area contributed by atoms with Gasteiger partial charge in [0.05, 0.1) is 6.54 Å². The molecule has 1 aromatic rings. The average molecular weight is 322 g/mol. The molecular weight excluding hydrogens is 296 g/mol. The van der Waals surface area contributed by atoms with Crippen molar-refractivity contribution in [1.29, 1.82) is 0 Å². The summed E-state index contributed by atoms with van der Waals surface area (Å²) in [4.78, 5) is 19.3. The van der Waals surface area contributed by atoms with Gasteiger partial charge >= 0.3 is 0 Å². The fraction of sp³-hybridized carbons (Fsp3) is 0.688. The molecule has 0 aliphatic carbocycles. The van der Waals surface area contributed by atoms with Crippen LogP contribution < -0.4 is 5.32 Å². The third kappa shape index (κ3) is 4.07.